The summed E-state index contributed by atoms with van der Waals surface area (Å²) in [5.74, 6) is -1.03. The van der Waals surface area contributed by atoms with Gasteiger partial charge >= 0.3 is 5.97 Å². The Labute approximate surface area is 265 Å². The number of aromatic carboxylic acids is 1. The van der Waals surface area contributed by atoms with Gasteiger partial charge in [0, 0.05) is 19.5 Å². The van der Waals surface area contributed by atoms with E-state index in [1.165, 1.54) is 24.3 Å². The second-order valence-corrected chi connectivity index (χ2v) is 13.7. The number of methoxy groups -OCH3 is 1. The van der Waals surface area contributed by atoms with Crippen molar-refractivity contribution in [1.29, 1.82) is 0 Å². The number of sulfone groups is 1. The van der Waals surface area contributed by atoms with Crippen LogP contribution in [0.2, 0.25) is 0 Å². The van der Waals surface area contributed by atoms with E-state index in [1.807, 2.05) is 68.4 Å². The summed E-state index contributed by atoms with van der Waals surface area (Å²) in [6.07, 6.45) is -1.60. The molecule has 0 aromatic heterocycles. The number of benzene rings is 3. The van der Waals surface area contributed by atoms with Gasteiger partial charge in [-0.15, -0.1) is 0 Å². The molecule has 45 heavy (non-hydrogen) atoms. The fourth-order valence-corrected chi connectivity index (χ4v) is 6.24. The van der Waals surface area contributed by atoms with Gasteiger partial charge in [0.15, 0.2) is 6.10 Å². The van der Waals surface area contributed by atoms with Crippen LogP contribution in [-0.2, 0) is 27.6 Å². The fourth-order valence-electron chi connectivity index (χ4n) is 4.63. The smallest absolute Gasteiger partial charge is 0.335 e. The van der Waals surface area contributed by atoms with Gasteiger partial charge in [0.2, 0.25) is 0 Å². The highest BCUT2D eigenvalue weighted by atomic mass is 32.2. The summed E-state index contributed by atoms with van der Waals surface area (Å²) in [5.41, 5.74) is 1.81. The average molecular weight is 641 g/mol. The largest absolute Gasteiger partial charge is 0.497 e. The number of hydrogen-bond acceptors (Lipinski definition) is 8. The molecule has 0 aliphatic carbocycles. The number of nitrogens with one attached hydrogen (secondary N) is 2. The molecule has 1 unspecified atom stereocenters. The van der Waals surface area contributed by atoms with E-state index in [1.54, 1.807) is 7.11 Å². The Morgan fingerprint density at radius 1 is 0.867 bits per heavy atom. The maximum absolute atomic E-state index is 13.7. The Morgan fingerprint density at radius 2 is 1.53 bits per heavy atom. The van der Waals surface area contributed by atoms with E-state index in [4.69, 9.17) is 9.47 Å². The predicted molar refractivity (Wildman–Crippen MR) is 173 cm³/mol. The third-order valence-corrected chi connectivity index (χ3v) is 8.97. The molecule has 10 nitrogen and oxygen atoms in total. The lowest BCUT2D eigenvalue weighted by Gasteiger charge is -2.27. The summed E-state index contributed by atoms with van der Waals surface area (Å²) in [6.45, 7) is 4.49. The first-order valence-electron chi connectivity index (χ1n) is 15.0. The molecule has 0 bridgehead atoms. The minimum absolute atomic E-state index is 0.0121. The molecular weight excluding hydrogens is 596 g/mol. The summed E-state index contributed by atoms with van der Waals surface area (Å²) in [6, 6.07) is 21.9. The van der Waals surface area contributed by atoms with Crippen molar-refractivity contribution in [2.24, 2.45) is 5.92 Å². The highest BCUT2D eigenvalue weighted by Gasteiger charge is 2.29. The number of carboxylic acid groups (broad SMARTS) is 1. The van der Waals surface area contributed by atoms with E-state index >= 15 is 0 Å². The van der Waals surface area contributed by atoms with Crippen LogP contribution in [0.25, 0.3) is 0 Å². The summed E-state index contributed by atoms with van der Waals surface area (Å²) in [5, 5.41) is 26.8. The minimum Gasteiger partial charge on any atom is -0.497 e. The van der Waals surface area contributed by atoms with Gasteiger partial charge in [-0.25, -0.2) is 13.2 Å². The number of rotatable bonds is 19. The quantitative estimate of drug-likeness (QED) is 0.153. The number of amides is 1. The molecule has 3 atom stereocenters. The van der Waals surface area contributed by atoms with Gasteiger partial charge in [-0.2, -0.15) is 0 Å². The molecule has 0 saturated heterocycles. The zero-order valence-corrected chi connectivity index (χ0v) is 26.8. The summed E-state index contributed by atoms with van der Waals surface area (Å²) in [4.78, 5) is 25.2. The standard InChI is InChI=1S/C34H44N2O8S/c1-24(2)15-17-45(41,42)18-16-32(44-29-14-8-12-27(21-29)34(39)40)33(38)36-30(20-25-9-5-4-6-10-25)31(37)23-35-22-26-11-7-13-28(19-26)43-3/h4-14,19,21,24,30-32,35,37H,15-18,20,22-23H2,1-3H3,(H,36,38)(H,39,40)/t30-,31-,32?/m0/s1. The Kier molecular flexibility index (Phi) is 13.8. The van der Waals surface area contributed by atoms with Crippen LogP contribution in [0.4, 0.5) is 0 Å². The van der Waals surface area contributed by atoms with E-state index in [2.05, 4.69) is 10.6 Å². The van der Waals surface area contributed by atoms with Crippen molar-refractivity contribution in [3.63, 3.8) is 0 Å². The summed E-state index contributed by atoms with van der Waals surface area (Å²) < 4.78 is 36.8. The molecule has 0 fully saturated rings. The number of carbonyl (C=O) groups excluding carboxylic acids is 1. The molecule has 3 aromatic rings. The average Bonchev–Trinajstić information content (AvgIpc) is 3.02. The molecule has 244 valence electrons. The van der Waals surface area contributed by atoms with Gasteiger partial charge < -0.3 is 30.3 Å². The lowest BCUT2D eigenvalue weighted by Crippen LogP contribution is -2.52. The van der Waals surface area contributed by atoms with Crippen molar-refractivity contribution in [2.75, 3.05) is 25.2 Å². The normalized spacial score (nSPS) is 13.5. The molecule has 0 aliphatic rings. The van der Waals surface area contributed by atoms with Crippen molar-refractivity contribution in [3.8, 4) is 11.5 Å². The molecule has 0 heterocycles. The van der Waals surface area contributed by atoms with Crippen molar-refractivity contribution in [3.05, 3.63) is 95.6 Å². The summed E-state index contributed by atoms with van der Waals surface area (Å²) in [7, 11) is -1.89. The van der Waals surface area contributed by atoms with Gasteiger partial charge in [0.25, 0.3) is 5.91 Å². The topological polar surface area (TPSA) is 151 Å². The Hall–Kier alpha value is -3.93. The first kappa shape index (κ1) is 35.5. The van der Waals surface area contributed by atoms with Crippen LogP contribution in [-0.4, -0.2) is 73.9 Å². The first-order chi connectivity index (χ1) is 21.5. The van der Waals surface area contributed by atoms with Crippen LogP contribution in [0.1, 0.15) is 48.2 Å². The zero-order chi connectivity index (χ0) is 32.8. The molecule has 0 spiro atoms. The molecule has 11 heteroatoms. The predicted octanol–water partition coefficient (Wildman–Crippen LogP) is 3.87. The van der Waals surface area contributed by atoms with Crippen molar-refractivity contribution in [2.45, 2.75) is 57.9 Å². The highest BCUT2D eigenvalue weighted by Crippen LogP contribution is 2.18. The van der Waals surface area contributed by atoms with E-state index in [0.29, 0.717) is 19.4 Å². The van der Waals surface area contributed by atoms with Crippen LogP contribution in [0.5, 0.6) is 11.5 Å². The van der Waals surface area contributed by atoms with Gasteiger partial charge in [0.05, 0.1) is 36.3 Å². The highest BCUT2D eigenvalue weighted by molar-refractivity contribution is 7.91. The lowest BCUT2D eigenvalue weighted by atomic mass is 10.0. The SMILES string of the molecule is COc1cccc(CNC[C@H](O)[C@H](Cc2ccccc2)NC(=O)C(CCS(=O)(=O)CCC(C)C)Oc2cccc(C(=O)O)c2)c1. The fraction of sp³-hybridized carbons (Fsp3) is 0.412. The number of aliphatic hydroxyl groups is 1. The van der Waals surface area contributed by atoms with E-state index < -0.39 is 40.0 Å². The third-order valence-electron chi connectivity index (χ3n) is 7.26. The molecular formula is C34H44N2O8S. The van der Waals surface area contributed by atoms with Crippen LogP contribution >= 0.6 is 0 Å². The molecule has 0 aliphatic heterocycles. The maximum Gasteiger partial charge on any atom is 0.335 e. The Balaban J connectivity index is 1.78. The Bertz CT molecular complexity index is 1480. The zero-order valence-electron chi connectivity index (χ0n) is 26.0. The third kappa shape index (κ3) is 12.5. The molecule has 1 amide bonds. The molecule has 0 saturated carbocycles. The first-order valence-corrected chi connectivity index (χ1v) is 16.8. The van der Waals surface area contributed by atoms with E-state index in [0.717, 1.165) is 16.9 Å². The van der Waals surface area contributed by atoms with Crippen LogP contribution in [0.3, 0.4) is 0 Å². The van der Waals surface area contributed by atoms with Crippen LogP contribution < -0.4 is 20.1 Å². The number of ether oxygens (including phenoxy) is 2. The van der Waals surface area contributed by atoms with Gasteiger partial charge in [-0.05, 0) is 60.2 Å². The van der Waals surface area contributed by atoms with Crippen molar-refractivity contribution >= 4 is 21.7 Å². The number of carbonyl (C=O) groups is 2. The summed E-state index contributed by atoms with van der Waals surface area (Å²) >= 11 is 0. The molecule has 4 N–H and O–H groups in total. The molecule has 3 aromatic carbocycles. The molecule has 0 radical (unpaired) electrons. The van der Waals surface area contributed by atoms with E-state index in [-0.39, 0.29) is 41.7 Å². The lowest BCUT2D eigenvalue weighted by molar-refractivity contribution is -0.129. The number of aliphatic hydroxyl groups excluding tert-OH is 1. The van der Waals surface area contributed by atoms with Gasteiger partial charge in [-0.1, -0.05) is 62.4 Å². The maximum atomic E-state index is 13.7. The molecule has 3 rings (SSSR count). The Morgan fingerprint density at radius 3 is 2.22 bits per heavy atom. The van der Waals surface area contributed by atoms with Crippen molar-refractivity contribution < 1.29 is 37.7 Å². The van der Waals surface area contributed by atoms with Gasteiger partial charge in [-0.3, -0.25) is 4.79 Å². The monoisotopic (exact) mass is 640 g/mol. The second-order valence-electron chi connectivity index (χ2n) is 11.4. The van der Waals surface area contributed by atoms with Gasteiger partial charge in [0.1, 0.15) is 21.3 Å². The van der Waals surface area contributed by atoms with Crippen LogP contribution in [0, 0.1) is 5.92 Å². The number of hydrogen-bond donors (Lipinski definition) is 4. The second kappa shape index (κ2) is 17.5. The van der Waals surface area contributed by atoms with Crippen molar-refractivity contribution in [1.82, 2.24) is 10.6 Å². The number of carboxylic acids is 1. The van der Waals surface area contributed by atoms with E-state index in [9.17, 15) is 28.2 Å². The van der Waals surface area contributed by atoms with Crippen LogP contribution in [0.15, 0.2) is 78.9 Å². The minimum atomic E-state index is -3.48.